The zero-order valence-electron chi connectivity index (χ0n) is 16.2. The van der Waals surface area contributed by atoms with Crippen LogP contribution in [0.5, 0.6) is 0 Å². The first-order valence-electron chi connectivity index (χ1n) is 9.51. The van der Waals surface area contributed by atoms with Crippen molar-refractivity contribution in [2.24, 2.45) is 0 Å². The van der Waals surface area contributed by atoms with Crippen LogP contribution >= 0.6 is 0 Å². The number of H-pyrrole nitrogens is 1. The lowest BCUT2D eigenvalue weighted by Gasteiger charge is -2.46. The van der Waals surface area contributed by atoms with Crippen LogP contribution in [0.4, 0.5) is 24.5 Å². The van der Waals surface area contributed by atoms with Crippen LogP contribution in [-0.4, -0.2) is 34.0 Å². The van der Waals surface area contributed by atoms with Crippen molar-refractivity contribution in [3.8, 4) is 0 Å². The number of carbonyl (C=O) groups is 1. The maximum Gasteiger partial charge on any atom is 0.256 e. The Labute approximate surface area is 171 Å². The van der Waals surface area contributed by atoms with Crippen LogP contribution in [0.15, 0.2) is 48.7 Å². The summed E-state index contributed by atoms with van der Waals surface area (Å²) in [6.45, 7) is 1.85. The molecule has 0 spiro atoms. The van der Waals surface area contributed by atoms with Crippen LogP contribution in [0.3, 0.4) is 0 Å². The largest absolute Gasteiger partial charge is 0.380 e. The van der Waals surface area contributed by atoms with Crippen molar-refractivity contribution in [1.29, 1.82) is 0 Å². The Morgan fingerprint density at radius 3 is 2.57 bits per heavy atom. The van der Waals surface area contributed by atoms with Gasteiger partial charge in [0.15, 0.2) is 11.6 Å². The predicted molar refractivity (Wildman–Crippen MR) is 106 cm³/mol. The molecule has 0 bridgehead atoms. The summed E-state index contributed by atoms with van der Waals surface area (Å²) < 4.78 is 42.8. The van der Waals surface area contributed by atoms with E-state index in [4.69, 9.17) is 0 Å². The quantitative estimate of drug-likeness (QED) is 0.588. The van der Waals surface area contributed by atoms with Gasteiger partial charge in [-0.25, -0.2) is 13.2 Å². The van der Waals surface area contributed by atoms with Gasteiger partial charge in [-0.1, -0.05) is 13.0 Å². The molecular weight excluding hydrogens is 395 g/mol. The molecule has 0 atom stereocenters. The molecule has 30 heavy (non-hydrogen) atoms. The number of nitrogens with one attached hydrogen (secondary N) is 2. The molecule has 0 aliphatic carbocycles. The average molecular weight is 415 g/mol. The summed E-state index contributed by atoms with van der Waals surface area (Å²) in [4.78, 5) is 17.1. The Bertz CT molecular complexity index is 1090. The average Bonchev–Trinajstić information content (AvgIpc) is 3.25. The molecule has 2 aromatic carbocycles. The SMILES string of the molecule is CCc1ccc(Nc2c(C(=O)N3CC(O)(c4ccc[nH]4)C3)ccc(F)c2F)c(F)c1. The lowest BCUT2D eigenvalue weighted by Crippen LogP contribution is -2.61. The first-order chi connectivity index (χ1) is 14.3. The van der Waals surface area contributed by atoms with Gasteiger partial charge >= 0.3 is 0 Å². The first-order valence-corrected chi connectivity index (χ1v) is 9.51. The number of hydrogen-bond donors (Lipinski definition) is 3. The van der Waals surface area contributed by atoms with Crippen LogP contribution in [0, 0.1) is 17.5 Å². The molecule has 4 rings (SSSR count). The summed E-state index contributed by atoms with van der Waals surface area (Å²) in [6.07, 6.45) is 2.28. The zero-order valence-corrected chi connectivity index (χ0v) is 16.2. The number of carbonyl (C=O) groups excluding carboxylic acids is 1. The summed E-state index contributed by atoms with van der Waals surface area (Å²) in [7, 11) is 0. The predicted octanol–water partition coefficient (Wildman–Crippen LogP) is 4.08. The van der Waals surface area contributed by atoms with Crippen LogP contribution in [0.1, 0.15) is 28.5 Å². The van der Waals surface area contributed by atoms with E-state index in [9.17, 15) is 23.1 Å². The van der Waals surface area contributed by atoms with Gasteiger partial charge in [0.2, 0.25) is 0 Å². The number of hydrogen-bond acceptors (Lipinski definition) is 3. The van der Waals surface area contributed by atoms with Gasteiger partial charge < -0.3 is 20.3 Å². The molecule has 1 aliphatic rings. The molecule has 156 valence electrons. The van der Waals surface area contributed by atoms with E-state index in [1.165, 1.54) is 17.0 Å². The minimum atomic E-state index is -1.28. The molecule has 0 saturated carbocycles. The lowest BCUT2D eigenvalue weighted by molar-refractivity contribution is -0.0888. The second-order valence-corrected chi connectivity index (χ2v) is 7.35. The van der Waals surface area contributed by atoms with Gasteiger partial charge in [-0.2, -0.15) is 0 Å². The Morgan fingerprint density at radius 1 is 1.17 bits per heavy atom. The first kappa shape index (κ1) is 20.0. The van der Waals surface area contributed by atoms with E-state index in [2.05, 4.69) is 10.3 Å². The monoisotopic (exact) mass is 415 g/mol. The van der Waals surface area contributed by atoms with Crippen LogP contribution in [0.25, 0.3) is 0 Å². The molecule has 8 heteroatoms. The summed E-state index contributed by atoms with van der Waals surface area (Å²) in [5.41, 5.74) is -0.587. The van der Waals surface area contributed by atoms with E-state index in [0.717, 1.165) is 17.7 Å². The van der Waals surface area contributed by atoms with Crippen LogP contribution in [-0.2, 0) is 12.0 Å². The number of aromatic nitrogens is 1. The molecule has 5 nitrogen and oxygen atoms in total. The van der Waals surface area contributed by atoms with Gasteiger partial charge in [0.1, 0.15) is 11.4 Å². The van der Waals surface area contributed by atoms with Gasteiger partial charge in [0.25, 0.3) is 5.91 Å². The lowest BCUT2D eigenvalue weighted by atomic mass is 9.89. The van der Waals surface area contributed by atoms with E-state index >= 15 is 0 Å². The number of nitrogens with zero attached hydrogens (tertiary/aromatic N) is 1. The maximum absolute atomic E-state index is 14.6. The molecule has 0 unspecified atom stereocenters. The van der Waals surface area contributed by atoms with Gasteiger partial charge in [0.05, 0.1) is 35.7 Å². The molecular formula is C22H20F3N3O2. The highest BCUT2D eigenvalue weighted by molar-refractivity contribution is 6.01. The van der Waals surface area contributed by atoms with Gasteiger partial charge in [-0.3, -0.25) is 4.79 Å². The third kappa shape index (κ3) is 3.43. The molecule has 1 aromatic heterocycles. The minimum absolute atomic E-state index is 0.00958. The number of β-amino-alcohol motifs (C(OH)–C–C–N with tert-alkyl or cyclic N) is 1. The third-order valence-electron chi connectivity index (χ3n) is 5.32. The van der Waals surface area contributed by atoms with Crippen molar-refractivity contribution in [2.75, 3.05) is 18.4 Å². The maximum atomic E-state index is 14.6. The highest BCUT2D eigenvalue weighted by Crippen LogP contribution is 2.35. The number of aryl methyl sites for hydroxylation is 1. The Kier molecular flexibility index (Phi) is 5.03. The van der Waals surface area contributed by atoms with Gasteiger partial charge in [-0.05, 0) is 48.4 Å². The van der Waals surface area contributed by atoms with E-state index in [0.29, 0.717) is 12.1 Å². The van der Waals surface area contributed by atoms with Gasteiger partial charge in [0, 0.05) is 6.20 Å². The second kappa shape index (κ2) is 7.53. The second-order valence-electron chi connectivity index (χ2n) is 7.35. The van der Waals surface area contributed by atoms with Gasteiger partial charge in [-0.15, -0.1) is 0 Å². The van der Waals surface area contributed by atoms with Crippen molar-refractivity contribution >= 4 is 17.3 Å². The molecule has 1 saturated heterocycles. The zero-order chi connectivity index (χ0) is 21.5. The van der Waals surface area contributed by atoms with E-state index in [1.807, 2.05) is 6.92 Å². The number of benzene rings is 2. The van der Waals surface area contributed by atoms with E-state index in [-0.39, 0.29) is 24.3 Å². The van der Waals surface area contributed by atoms with Crippen LogP contribution in [0.2, 0.25) is 0 Å². The number of likely N-dealkylation sites (tertiary alicyclic amines) is 1. The fourth-order valence-electron chi connectivity index (χ4n) is 3.55. The number of aliphatic hydroxyl groups is 1. The van der Waals surface area contributed by atoms with Crippen molar-refractivity contribution in [2.45, 2.75) is 18.9 Å². The number of anilines is 2. The normalized spacial score (nSPS) is 15.0. The molecule has 2 heterocycles. The van der Waals surface area contributed by atoms with Crippen molar-refractivity contribution in [3.63, 3.8) is 0 Å². The van der Waals surface area contributed by atoms with Crippen molar-refractivity contribution in [1.82, 2.24) is 9.88 Å². The Balaban J connectivity index is 1.62. The van der Waals surface area contributed by atoms with Crippen molar-refractivity contribution in [3.05, 3.63) is 82.9 Å². The molecule has 0 radical (unpaired) electrons. The standard InChI is InChI=1S/C22H20F3N3O2/c1-2-13-5-8-17(16(24)10-13)27-20-14(6-7-15(23)19(20)25)21(29)28-11-22(30,12-28)18-4-3-9-26-18/h3-10,26-27,30H,2,11-12H2,1H3. The highest BCUT2D eigenvalue weighted by atomic mass is 19.2. The third-order valence-corrected chi connectivity index (χ3v) is 5.32. The summed E-state index contributed by atoms with van der Waals surface area (Å²) in [6, 6.07) is 9.81. The number of amides is 1. The summed E-state index contributed by atoms with van der Waals surface area (Å²) in [5.74, 6) is -3.68. The molecule has 1 amide bonds. The minimum Gasteiger partial charge on any atom is -0.380 e. The molecule has 3 aromatic rings. The molecule has 1 aliphatic heterocycles. The Morgan fingerprint density at radius 2 is 1.93 bits per heavy atom. The van der Waals surface area contributed by atoms with E-state index in [1.54, 1.807) is 24.4 Å². The fourth-order valence-corrected chi connectivity index (χ4v) is 3.55. The number of rotatable bonds is 5. The number of aromatic amines is 1. The van der Waals surface area contributed by atoms with Crippen molar-refractivity contribution < 1.29 is 23.1 Å². The molecule has 3 N–H and O–H groups in total. The smallest absolute Gasteiger partial charge is 0.256 e. The molecule has 1 fully saturated rings. The number of halogens is 3. The van der Waals surface area contributed by atoms with Crippen LogP contribution < -0.4 is 5.32 Å². The fraction of sp³-hybridized carbons (Fsp3) is 0.227. The topological polar surface area (TPSA) is 68.4 Å². The summed E-state index contributed by atoms with van der Waals surface area (Å²) >= 11 is 0. The van der Waals surface area contributed by atoms with E-state index < -0.39 is 34.6 Å². The summed E-state index contributed by atoms with van der Waals surface area (Å²) in [5, 5.41) is 13.1. The Hall–Kier alpha value is -3.26. The highest BCUT2D eigenvalue weighted by Gasteiger charge is 2.46.